The molecule has 2 N–H and O–H groups in total. The summed E-state index contributed by atoms with van der Waals surface area (Å²) in [5.74, 6) is 1.82. The van der Waals surface area contributed by atoms with Gasteiger partial charge in [0.2, 0.25) is 0 Å². The molecule has 0 unspecified atom stereocenters. The van der Waals surface area contributed by atoms with Crippen LogP contribution in [0.2, 0.25) is 10.2 Å². The lowest BCUT2D eigenvalue weighted by Crippen LogP contribution is -2.43. The Kier molecular flexibility index (Phi) is 5.38. The molecular formula is C18H21Cl2N5OS. The average molecular weight is 426 g/mol. The number of halogens is 2. The molecule has 9 heteroatoms. The van der Waals surface area contributed by atoms with Crippen molar-refractivity contribution in [2.45, 2.75) is 29.7 Å². The molecule has 1 spiro atoms. The molecule has 4 heterocycles. The topological polar surface area (TPSA) is 77.2 Å². The van der Waals surface area contributed by atoms with Crippen LogP contribution in [-0.2, 0) is 4.74 Å². The standard InChI is InChI=1S/C18H21Cl2N5OS/c1-11-9-26-10-18(11)3-6-25(7-4-18)13-8-23-17(16(21)24-13)27-12-2-5-22-15(20)14(12)19/h2,5,8,11H,3-4,6-7,9-10H2,1H3,(H2,21,24)/t11-/m1/s1. The van der Waals surface area contributed by atoms with E-state index < -0.39 is 0 Å². The lowest BCUT2D eigenvalue weighted by molar-refractivity contribution is 0.127. The van der Waals surface area contributed by atoms with Crippen LogP contribution in [0.1, 0.15) is 19.8 Å². The number of pyridine rings is 1. The maximum atomic E-state index is 6.20. The number of aromatic nitrogens is 3. The smallest absolute Gasteiger partial charge is 0.158 e. The molecule has 2 aliphatic rings. The quantitative estimate of drug-likeness (QED) is 0.739. The summed E-state index contributed by atoms with van der Waals surface area (Å²) in [5, 5.41) is 1.26. The second kappa shape index (κ2) is 7.62. The number of nitrogens with zero attached hydrogens (tertiary/aromatic N) is 4. The minimum absolute atomic E-state index is 0.261. The van der Waals surface area contributed by atoms with Gasteiger partial charge in [-0.15, -0.1) is 0 Å². The summed E-state index contributed by atoms with van der Waals surface area (Å²) in [6.45, 7) is 5.93. The molecule has 2 saturated heterocycles. The Morgan fingerprint density at radius 1 is 1.30 bits per heavy atom. The molecule has 2 aromatic rings. The zero-order valence-electron chi connectivity index (χ0n) is 15.0. The molecular weight excluding hydrogens is 405 g/mol. The molecule has 27 heavy (non-hydrogen) atoms. The van der Waals surface area contributed by atoms with E-state index in [-0.39, 0.29) is 5.15 Å². The highest BCUT2D eigenvalue weighted by molar-refractivity contribution is 7.99. The van der Waals surface area contributed by atoms with Crippen LogP contribution in [0.3, 0.4) is 0 Å². The molecule has 0 aromatic carbocycles. The van der Waals surface area contributed by atoms with Gasteiger partial charge >= 0.3 is 0 Å². The van der Waals surface area contributed by atoms with Crippen LogP contribution in [0, 0.1) is 11.3 Å². The first-order chi connectivity index (χ1) is 13.0. The van der Waals surface area contributed by atoms with Crippen molar-refractivity contribution in [1.29, 1.82) is 0 Å². The van der Waals surface area contributed by atoms with Crippen molar-refractivity contribution in [2.24, 2.45) is 11.3 Å². The van der Waals surface area contributed by atoms with Crippen molar-refractivity contribution in [2.75, 3.05) is 36.9 Å². The maximum Gasteiger partial charge on any atom is 0.158 e. The lowest BCUT2D eigenvalue weighted by Gasteiger charge is -2.41. The Bertz CT molecular complexity index is 844. The Labute approximate surface area is 172 Å². The summed E-state index contributed by atoms with van der Waals surface area (Å²) in [4.78, 5) is 16.0. The fourth-order valence-corrected chi connectivity index (χ4v) is 5.00. The molecule has 0 saturated carbocycles. The van der Waals surface area contributed by atoms with Crippen LogP contribution >= 0.6 is 35.0 Å². The molecule has 2 fully saturated rings. The normalized spacial score (nSPS) is 21.7. The third kappa shape index (κ3) is 3.70. The molecule has 2 aliphatic heterocycles. The molecule has 144 valence electrons. The third-order valence-electron chi connectivity index (χ3n) is 5.66. The van der Waals surface area contributed by atoms with Crippen LogP contribution in [0.15, 0.2) is 28.4 Å². The number of nitrogens with two attached hydrogens (primary N) is 1. The van der Waals surface area contributed by atoms with Gasteiger partial charge in [-0.2, -0.15) is 0 Å². The van der Waals surface area contributed by atoms with Gasteiger partial charge < -0.3 is 15.4 Å². The summed E-state index contributed by atoms with van der Waals surface area (Å²) >= 11 is 13.5. The molecule has 0 bridgehead atoms. The Balaban J connectivity index is 1.47. The highest BCUT2D eigenvalue weighted by atomic mass is 35.5. The number of rotatable bonds is 3. The summed E-state index contributed by atoms with van der Waals surface area (Å²) < 4.78 is 5.71. The highest BCUT2D eigenvalue weighted by Gasteiger charge is 2.43. The van der Waals surface area contributed by atoms with E-state index >= 15 is 0 Å². The van der Waals surface area contributed by atoms with Crippen molar-refractivity contribution < 1.29 is 4.74 Å². The summed E-state index contributed by atoms with van der Waals surface area (Å²) in [6, 6.07) is 1.78. The van der Waals surface area contributed by atoms with Crippen LogP contribution in [0.5, 0.6) is 0 Å². The first-order valence-electron chi connectivity index (χ1n) is 8.91. The molecule has 4 rings (SSSR count). The molecule has 2 aromatic heterocycles. The fraction of sp³-hybridized carbons (Fsp3) is 0.500. The molecule has 0 amide bonds. The summed E-state index contributed by atoms with van der Waals surface area (Å²) in [5.41, 5.74) is 6.49. The van der Waals surface area contributed by atoms with E-state index in [1.807, 2.05) is 0 Å². The van der Waals surface area contributed by atoms with Gasteiger partial charge in [-0.1, -0.05) is 41.9 Å². The van der Waals surface area contributed by atoms with E-state index in [1.165, 1.54) is 11.8 Å². The number of anilines is 2. The van der Waals surface area contributed by atoms with Crippen molar-refractivity contribution in [3.8, 4) is 0 Å². The van der Waals surface area contributed by atoms with E-state index in [0.717, 1.165) is 49.9 Å². The number of hydrogen-bond acceptors (Lipinski definition) is 7. The second-order valence-electron chi connectivity index (χ2n) is 7.20. The first-order valence-corrected chi connectivity index (χ1v) is 10.5. The number of nitrogen functional groups attached to an aromatic ring is 1. The minimum atomic E-state index is 0.261. The number of piperidine rings is 1. The minimum Gasteiger partial charge on any atom is -0.381 e. The van der Waals surface area contributed by atoms with Crippen molar-refractivity contribution in [3.63, 3.8) is 0 Å². The Morgan fingerprint density at radius 3 is 2.74 bits per heavy atom. The first kappa shape index (κ1) is 19.1. The van der Waals surface area contributed by atoms with E-state index in [4.69, 9.17) is 33.7 Å². The van der Waals surface area contributed by atoms with Crippen LogP contribution < -0.4 is 10.6 Å². The van der Waals surface area contributed by atoms with Gasteiger partial charge in [-0.3, -0.25) is 0 Å². The number of ether oxygens (including phenoxy) is 1. The maximum absolute atomic E-state index is 6.20. The molecule has 0 radical (unpaired) electrons. The predicted octanol–water partition coefficient (Wildman–Crippen LogP) is 4.16. The van der Waals surface area contributed by atoms with Crippen LogP contribution in [-0.4, -0.2) is 41.3 Å². The molecule has 1 atom stereocenters. The van der Waals surface area contributed by atoms with Crippen LogP contribution in [0.4, 0.5) is 11.6 Å². The van der Waals surface area contributed by atoms with Gasteiger partial charge in [0.15, 0.2) is 5.82 Å². The van der Waals surface area contributed by atoms with E-state index in [0.29, 0.717) is 27.2 Å². The van der Waals surface area contributed by atoms with Crippen molar-refractivity contribution in [1.82, 2.24) is 15.0 Å². The van der Waals surface area contributed by atoms with Gasteiger partial charge in [-0.25, -0.2) is 15.0 Å². The predicted molar refractivity (Wildman–Crippen MR) is 109 cm³/mol. The SMILES string of the molecule is C[C@@H]1COCC12CCN(c1cnc(Sc3ccnc(Cl)c3Cl)c(N)n1)CC2. The zero-order valence-corrected chi connectivity index (χ0v) is 17.3. The van der Waals surface area contributed by atoms with Crippen molar-refractivity contribution >= 4 is 46.6 Å². The molecule has 0 aliphatic carbocycles. The van der Waals surface area contributed by atoms with E-state index in [1.54, 1.807) is 18.5 Å². The van der Waals surface area contributed by atoms with E-state index in [2.05, 4.69) is 26.8 Å². The Hall–Kier alpha value is -1.28. The Morgan fingerprint density at radius 2 is 2.07 bits per heavy atom. The van der Waals surface area contributed by atoms with E-state index in [9.17, 15) is 0 Å². The molecule has 6 nitrogen and oxygen atoms in total. The fourth-order valence-electron chi connectivity index (χ4n) is 3.77. The van der Waals surface area contributed by atoms with Gasteiger partial charge in [-0.05, 0) is 24.8 Å². The number of hydrogen-bond donors (Lipinski definition) is 1. The monoisotopic (exact) mass is 425 g/mol. The largest absolute Gasteiger partial charge is 0.381 e. The third-order valence-corrected chi connectivity index (χ3v) is 7.60. The van der Waals surface area contributed by atoms with Crippen molar-refractivity contribution in [3.05, 3.63) is 28.6 Å². The van der Waals surface area contributed by atoms with Gasteiger partial charge in [0.25, 0.3) is 0 Å². The zero-order chi connectivity index (χ0) is 19.0. The lowest BCUT2D eigenvalue weighted by atomic mass is 9.72. The second-order valence-corrected chi connectivity index (χ2v) is 8.97. The van der Waals surface area contributed by atoms with Gasteiger partial charge in [0.05, 0.1) is 17.8 Å². The van der Waals surface area contributed by atoms with Gasteiger partial charge in [0, 0.05) is 36.2 Å². The highest BCUT2D eigenvalue weighted by Crippen LogP contribution is 2.44. The van der Waals surface area contributed by atoms with Gasteiger partial charge in [0.1, 0.15) is 16.0 Å². The summed E-state index contributed by atoms with van der Waals surface area (Å²) in [7, 11) is 0. The summed E-state index contributed by atoms with van der Waals surface area (Å²) in [6.07, 6.45) is 5.60. The average Bonchev–Trinajstić information content (AvgIpc) is 3.01. The van der Waals surface area contributed by atoms with Crippen LogP contribution in [0.25, 0.3) is 0 Å².